The van der Waals surface area contributed by atoms with E-state index in [0.29, 0.717) is 25.2 Å². The quantitative estimate of drug-likeness (QED) is 0.788. The number of carbonyl (C=O) groups is 2. The van der Waals surface area contributed by atoms with Gasteiger partial charge in [0.2, 0.25) is 0 Å². The van der Waals surface area contributed by atoms with Gasteiger partial charge >= 0.3 is 12.2 Å². The van der Waals surface area contributed by atoms with Crippen molar-refractivity contribution in [3.63, 3.8) is 0 Å². The van der Waals surface area contributed by atoms with Gasteiger partial charge in [0, 0.05) is 25.5 Å². The van der Waals surface area contributed by atoms with Crippen LogP contribution >= 0.6 is 0 Å². The van der Waals surface area contributed by atoms with Gasteiger partial charge in [0.1, 0.15) is 11.7 Å². The molecule has 2 N–H and O–H groups in total. The zero-order valence-corrected chi connectivity index (χ0v) is 15.8. The first-order chi connectivity index (χ1) is 14.2. The van der Waals surface area contributed by atoms with Gasteiger partial charge in [-0.1, -0.05) is 0 Å². The Labute approximate surface area is 169 Å². The van der Waals surface area contributed by atoms with Gasteiger partial charge in [-0.2, -0.15) is 13.2 Å². The predicted octanol–water partition coefficient (Wildman–Crippen LogP) is 2.18. The zero-order valence-electron chi connectivity index (χ0n) is 15.8. The van der Waals surface area contributed by atoms with Gasteiger partial charge in [0.05, 0.1) is 17.9 Å². The fourth-order valence-corrected chi connectivity index (χ4v) is 3.48. The van der Waals surface area contributed by atoms with Gasteiger partial charge in [-0.3, -0.25) is 20.0 Å². The summed E-state index contributed by atoms with van der Waals surface area (Å²) in [5.74, 6) is -0.500. The number of halogens is 3. The molecule has 2 bridgehead atoms. The molecule has 4 heterocycles. The predicted molar refractivity (Wildman–Crippen MR) is 101 cm³/mol. The molecule has 1 fully saturated rings. The zero-order chi connectivity index (χ0) is 21.5. The lowest BCUT2D eigenvalue weighted by Gasteiger charge is -2.35. The molecule has 2 aliphatic heterocycles. The van der Waals surface area contributed by atoms with Crippen LogP contribution in [0.2, 0.25) is 0 Å². The van der Waals surface area contributed by atoms with E-state index in [1.807, 2.05) is 10.2 Å². The monoisotopic (exact) mass is 421 g/mol. The van der Waals surface area contributed by atoms with Crippen LogP contribution in [0.1, 0.15) is 23.8 Å². The van der Waals surface area contributed by atoms with Gasteiger partial charge in [-0.05, 0) is 25.5 Å². The number of alkyl halides is 3. The maximum Gasteiger partial charge on any atom is 0.408 e. The summed E-state index contributed by atoms with van der Waals surface area (Å²) in [6.07, 6.45) is 0.405. The van der Waals surface area contributed by atoms with Crippen molar-refractivity contribution in [2.45, 2.75) is 31.6 Å². The normalized spacial score (nSPS) is 18.6. The highest BCUT2D eigenvalue weighted by Crippen LogP contribution is 2.39. The Balaban J connectivity index is 1.63. The molecular formula is C18H18F3N7O2. The summed E-state index contributed by atoms with van der Waals surface area (Å²) in [5, 5.41) is 4.53. The number of nitrogens with one attached hydrogen (secondary N) is 2. The second kappa shape index (κ2) is 7.43. The van der Waals surface area contributed by atoms with E-state index >= 15 is 0 Å². The number of fused-ring (bicyclic) bond motifs is 4. The smallest absolute Gasteiger partial charge is 0.366 e. The molecule has 3 amide bonds. The Morgan fingerprint density at radius 3 is 2.77 bits per heavy atom. The molecule has 12 heteroatoms. The maximum absolute atomic E-state index is 12.9. The van der Waals surface area contributed by atoms with Crippen LogP contribution in [0.25, 0.3) is 0 Å². The SMILES string of the molecule is C[C@@H](NC(=O)c1ccc2c(n1)N(C(=O)Nc1cnccn1)[C@H]1CCN2C1)C(F)(F)F. The maximum atomic E-state index is 12.9. The standard InChI is InChI=1S/C18H18F3N7O2/c1-10(18(19,20)21)24-16(29)12-2-3-13-15(25-12)28(11-4-7-27(13)9-11)17(30)26-14-8-22-5-6-23-14/h2-3,5-6,8,10-11H,4,7,9H2,1H3,(H,24,29)(H,23,26,30)/t10-,11+/m1/s1. The van der Waals surface area contributed by atoms with E-state index in [9.17, 15) is 22.8 Å². The van der Waals surface area contributed by atoms with Crippen LogP contribution in [0.5, 0.6) is 0 Å². The Kier molecular flexibility index (Phi) is 4.92. The molecule has 2 aliphatic rings. The molecule has 0 saturated carbocycles. The lowest BCUT2D eigenvalue weighted by molar-refractivity contribution is -0.149. The number of nitrogens with zero attached hydrogens (tertiary/aromatic N) is 5. The van der Waals surface area contributed by atoms with Crippen molar-refractivity contribution >= 4 is 29.3 Å². The topological polar surface area (TPSA) is 103 Å². The van der Waals surface area contributed by atoms with Crippen molar-refractivity contribution in [3.8, 4) is 0 Å². The van der Waals surface area contributed by atoms with Gasteiger partial charge in [-0.25, -0.2) is 14.8 Å². The first-order valence-corrected chi connectivity index (χ1v) is 9.24. The van der Waals surface area contributed by atoms with Gasteiger partial charge in [-0.15, -0.1) is 0 Å². The fraction of sp³-hybridized carbons (Fsp3) is 0.389. The van der Waals surface area contributed by atoms with E-state index in [1.54, 1.807) is 6.07 Å². The number of anilines is 3. The minimum atomic E-state index is -4.57. The minimum Gasteiger partial charge on any atom is -0.366 e. The van der Waals surface area contributed by atoms with E-state index in [1.165, 1.54) is 29.6 Å². The highest BCUT2D eigenvalue weighted by Gasteiger charge is 2.41. The van der Waals surface area contributed by atoms with Crippen LogP contribution in [-0.4, -0.2) is 58.2 Å². The number of pyridine rings is 1. The highest BCUT2D eigenvalue weighted by molar-refractivity contribution is 6.04. The van der Waals surface area contributed by atoms with Crippen LogP contribution in [0.3, 0.4) is 0 Å². The molecule has 2 aromatic heterocycles. The summed E-state index contributed by atoms with van der Waals surface area (Å²) in [6, 6.07) is 0.235. The van der Waals surface area contributed by atoms with Crippen molar-refractivity contribution in [1.82, 2.24) is 20.3 Å². The van der Waals surface area contributed by atoms with Crippen LogP contribution in [0.15, 0.2) is 30.7 Å². The molecule has 4 rings (SSSR count). The first-order valence-electron chi connectivity index (χ1n) is 9.24. The second-order valence-corrected chi connectivity index (χ2v) is 7.06. The van der Waals surface area contributed by atoms with Crippen molar-refractivity contribution in [1.29, 1.82) is 0 Å². The molecule has 0 aliphatic carbocycles. The number of amides is 3. The number of carbonyl (C=O) groups excluding carboxylic acids is 2. The van der Waals surface area contributed by atoms with Crippen LogP contribution in [0.4, 0.5) is 35.3 Å². The molecule has 0 unspecified atom stereocenters. The molecule has 1 saturated heterocycles. The van der Waals surface area contributed by atoms with Crippen LogP contribution in [0, 0.1) is 0 Å². The third kappa shape index (κ3) is 3.72. The summed E-state index contributed by atoms with van der Waals surface area (Å²) in [6.45, 7) is 2.15. The molecule has 30 heavy (non-hydrogen) atoms. The summed E-state index contributed by atoms with van der Waals surface area (Å²) in [7, 11) is 0. The number of aromatic nitrogens is 3. The number of hydrogen-bond acceptors (Lipinski definition) is 6. The molecule has 158 valence electrons. The van der Waals surface area contributed by atoms with Crippen molar-refractivity contribution < 1.29 is 22.8 Å². The number of urea groups is 1. The van der Waals surface area contributed by atoms with Crippen LogP contribution in [-0.2, 0) is 0 Å². The molecule has 2 aromatic rings. The van der Waals surface area contributed by atoms with Gasteiger partial charge in [0.15, 0.2) is 11.6 Å². The molecule has 0 radical (unpaired) electrons. The molecule has 2 atom stereocenters. The van der Waals surface area contributed by atoms with E-state index in [-0.39, 0.29) is 23.4 Å². The molecular weight excluding hydrogens is 403 g/mol. The Morgan fingerprint density at radius 1 is 1.27 bits per heavy atom. The minimum absolute atomic E-state index is 0.186. The van der Waals surface area contributed by atoms with Gasteiger partial charge in [0.25, 0.3) is 5.91 Å². The Morgan fingerprint density at radius 2 is 2.07 bits per heavy atom. The van der Waals surface area contributed by atoms with E-state index < -0.39 is 24.2 Å². The van der Waals surface area contributed by atoms with E-state index in [4.69, 9.17) is 0 Å². The molecule has 0 aromatic carbocycles. The Hall–Kier alpha value is -3.44. The molecule has 9 nitrogen and oxygen atoms in total. The summed E-state index contributed by atoms with van der Waals surface area (Å²) < 4.78 is 38.3. The molecule has 0 spiro atoms. The largest absolute Gasteiger partial charge is 0.408 e. The summed E-state index contributed by atoms with van der Waals surface area (Å²) in [5.41, 5.74) is 0.433. The number of hydrogen-bond donors (Lipinski definition) is 2. The van der Waals surface area contributed by atoms with E-state index in [2.05, 4.69) is 20.3 Å². The van der Waals surface area contributed by atoms with Crippen LogP contribution < -0.4 is 20.4 Å². The lowest BCUT2D eigenvalue weighted by atomic mass is 10.1. The summed E-state index contributed by atoms with van der Waals surface area (Å²) >= 11 is 0. The average Bonchev–Trinajstić information content (AvgIpc) is 3.12. The fourth-order valence-electron chi connectivity index (χ4n) is 3.48. The van der Waals surface area contributed by atoms with Gasteiger partial charge < -0.3 is 10.2 Å². The third-order valence-electron chi connectivity index (χ3n) is 5.04. The Bertz CT molecular complexity index is 970. The van der Waals surface area contributed by atoms with Crippen molar-refractivity contribution in [2.24, 2.45) is 0 Å². The summed E-state index contributed by atoms with van der Waals surface area (Å²) in [4.78, 5) is 40.9. The second-order valence-electron chi connectivity index (χ2n) is 7.06. The van der Waals surface area contributed by atoms with Crippen molar-refractivity contribution in [2.75, 3.05) is 28.2 Å². The van der Waals surface area contributed by atoms with Crippen molar-refractivity contribution in [3.05, 3.63) is 36.4 Å². The third-order valence-corrected chi connectivity index (χ3v) is 5.04. The first kappa shape index (κ1) is 19.9. The number of rotatable bonds is 3. The van der Waals surface area contributed by atoms with E-state index in [0.717, 1.165) is 6.92 Å². The lowest BCUT2D eigenvalue weighted by Crippen LogP contribution is -2.49. The highest BCUT2D eigenvalue weighted by atomic mass is 19.4. The average molecular weight is 421 g/mol.